The van der Waals surface area contributed by atoms with Crippen LogP contribution in [-0.4, -0.2) is 18.1 Å². The smallest absolute Gasteiger partial charge is 0.0715 e. The van der Waals surface area contributed by atoms with Crippen molar-refractivity contribution in [1.82, 2.24) is 4.98 Å². The summed E-state index contributed by atoms with van der Waals surface area (Å²) < 4.78 is 0. The first-order chi connectivity index (χ1) is 13.3. The Hall–Kier alpha value is -3.13. The fourth-order valence-corrected chi connectivity index (χ4v) is 3.62. The largest absolute Gasteiger partial charge is 0.372 e. The van der Waals surface area contributed by atoms with E-state index in [1.807, 2.05) is 12.1 Å². The minimum atomic E-state index is 1.03. The quantitative estimate of drug-likeness (QED) is 0.386. The van der Waals surface area contributed by atoms with Crippen LogP contribution in [0.15, 0.2) is 72.8 Å². The SMILES string of the molecule is CCN(CC)c1ccc(/C=C/c2c3ccccc3nc3ccccc23)cc1. The van der Waals surface area contributed by atoms with Gasteiger partial charge in [-0.25, -0.2) is 4.98 Å². The zero-order valence-corrected chi connectivity index (χ0v) is 15.9. The van der Waals surface area contributed by atoms with Crippen molar-refractivity contribution in [2.45, 2.75) is 13.8 Å². The van der Waals surface area contributed by atoms with Gasteiger partial charge in [0.25, 0.3) is 0 Å². The van der Waals surface area contributed by atoms with Gasteiger partial charge in [-0.15, -0.1) is 0 Å². The van der Waals surface area contributed by atoms with Gasteiger partial charge in [0.1, 0.15) is 0 Å². The first-order valence-electron chi connectivity index (χ1n) is 9.60. The number of rotatable bonds is 5. The van der Waals surface area contributed by atoms with E-state index in [0.717, 1.165) is 24.1 Å². The van der Waals surface area contributed by atoms with Gasteiger partial charge in [-0.1, -0.05) is 60.7 Å². The van der Waals surface area contributed by atoms with Crippen LogP contribution >= 0.6 is 0 Å². The lowest BCUT2D eigenvalue weighted by Crippen LogP contribution is -2.21. The molecule has 0 aliphatic heterocycles. The second-order valence-electron chi connectivity index (χ2n) is 6.66. The summed E-state index contributed by atoms with van der Waals surface area (Å²) in [7, 11) is 0. The van der Waals surface area contributed by atoms with Crippen LogP contribution in [0.25, 0.3) is 34.0 Å². The number of fused-ring (bicyclic) bond motifs is 2. The van der Waals surface area contributed by atoms with Crippen LogP contribution in [0.4, 0.5) is 5.69 Å². The highest BCUT2D eigenvalue weighted by Crippen LogP contribution is 2.28. The second-order valence-corrected chi connectivity index (χ2v) is 6.66. The van der Waals surface area contributed by atoms with Crippen LogP contribution in [0.1, 0.15) is 25.0 Å². The van der Waals surface area contributed by atoms with Crippen molar-refractivity contribution in [1.29, 1.82) is 0 Å². The zero-order chi connectivity index (χ0) is 18.6. The van der Waals surface area contributed by atoms with E-state index in [1.54, 1.807) is 0 Å². The Morgan fingerprint density at radius 3 is 1.81 bits per heavy atom. The fourth-order valence-electron chi connectivity index (χ4n) is 3.62. The van der Waals surface area contributed by atoms with Crippen LogP contribution in [0, 0.1) is 0 Å². The molecule has 0 bridgehead atoms. The predicted molar refractivity (Wildman–Crippen MR) is 118 cm³/mol. The highest BCUT2D eigenvalue weighted by atomic mass is 15.1. The van der Waals surface area contributed by atoms with Crippen molar-refractivity contribution in [3.63, 3.8) is 0 Å². The molecule has 0 aliphatic rings. The normalized spacial score (nSPS) is 11.5. The number of hydrogen-bond donors (Lipinski definition) is 0. The molecule has 0 fully saturated rings. The average Bonchev–Trinajstić information content (AvgIpc) is 2.73. The molecule has 27 heavy (non-hydrogen) atoms. The summed E-state index contributed by atoms with van der Waals surface area (Å²) in [6.07, 6.45) is 4.42. The van der Waals surface area contributed by atoms with E-state index >= 15 is 0 Å². The molecule has 4 rings (SSSR count). The number of hydrogen-bond acceptors (Lipinski definition) is 2. The van der Waals surface area contributed by atoms with Gasteiger partial charge in [-0.3, -0.25) is 0 Å². The van der Waals surface area contributed by atoms with E-state index in [2.05, 4.69) is 91.6 Å². The number of anilines is 1. The molecule has 0 saturated heterocycles. The van der Waals surface area contributed by atoms with Gasteiger partial charge in [0.2, 0.25) is 0 Å². The second kappa shape index (κ2) is 7.63. The number of benzene rings is 3. The molecule has 2 nitrogen and oxygen atoms in total. The molecule has 3 aromatic carbocycles. The molecule has 0 amide bonds. The molecular weight excluding hydrogens is 328 g/mol. The van der Waals surface area contributed by atoms with Crippen LogP contribution < -0.4 is 4.90 Å². The summed E-state index contributed by atoms with van der Waals surface area (Å²) in [4.78, 5) is 7.16. The van der Waals surface area contributed by atoms with Crippen molar-refractivity contribution in [3.8, 4) is 0 Å². The molecule has 1 aromatic heterocycles. The van der Waals surface area contributed by atoms with E-state index in [0.29, 0.717) is 0 Å². The summed E-state index contributed by atoms with van der Waals surface area (Å²) in [5.74, 6) is 0. The van der Waals surface area contributed by atoms with Crippen LogP contribution in [0.2, 0.25) is 0 Å². The molecule has 134 valence electrons. The Kier molecular flexibility index (Phi) is 4.88. The number of nitrogens with zero attached hydrogens (tertiary/aromatic N) is 2. The van der Waals surface area contributed by atoms with E-state index in [9.17, 15) is 0 Å². The lowest BCUT2D eigenvalue weighted by Gasteiger charge is -2.20. The molecule has 2 heteroatoms. The number of pyridine rings is 1. The molecule has 0 radical (unpaired) electrons. The minimum absolute atomic E-state index is 1.03. The summed E-state index contributed by atoms with van der Waals surface area (Å²) in [6.45, 7) is 6.44. The molecular formula is C25H24N2. The van der Waals surface area contributed by atoms with Gasteiger partial charge in [0, 0.05) is 29.5 Å². The highest BCUT2D eigenvalue weighted by molar-refractivity contribution is 6.04. The average molecular weight is 352 g/mol. The topological polar surface area (TPSA) is 16.1 Å². The third-order valence-electron chi connectivity index (χ3n) is 5.09. The standard InChI is InChI=1S/C25H24N2/c1-3-27(4-2)20-16-13-19(14-17-20)15-18-21-22-9-5-7-11-24(22)26-25-12-8-6-10-23(21)25/h5-18H,3-4H2,1-2H3/b18-15+. The van der Waals surface area contributed by atoms with E-state index in [1.165, 1.54) is 27.6 Å². The first kappa shape index (κ1) is 17.3. The summed E-state index contributed by atoms with van der Waals surface area (Å²) in [5, 5.41) is 2.37. The number of para-hydroxylation sites is 2. The van der Waals surface area contributed by atoms with Gasteiger partial charge >= 0.3 is 0 Å². The van der Waals surface area contributed by atoms with Gasteiger partial charge in [0.15, 0.2) is 0 Å². The third kappa shape index (κ3) is 3.43. The van der Waals surface area contributed by atoms with Crippen LogP contribution in [0.5, 0.6) is 0 Å². The third-order valence-corrected chi connectivity index (χ3v) is 5.09. The van der Waals surface area contributed by atoms with Gasteiger partial charge < -0.3 is 4.90 Å². The van der Waals surface area contributed by atoms with Gasteiger partial charge in [-0.05, 0) is 49.2 Å². The van der Waals surface area contributed by atoms with Gasteiger partial charge in [-0.2, -0.15) is 0 Å². The molecule has 0 unspecified atom stereocenters. The van der Waals surface area contributed by atoms with E-state index < -0.39 is 0 Å². The Labute approximate surface area is 160 Å². The fraction of sp³-hybridized carbons (Fsp3) is 0.160. The van der Waals surface area contributed by atoms with Crippen molar-refractivity contribution in [2.24, 2.45) is 0 Å². The predicted octanol–water partition coefficient (Wildman–Crippen LogP) is 6.40. The Balaban J connectivity index is 1.76. The molecule has 0 saturated carbocycles. The molecule has 0 aliphatic carbocycles. The molecule has 4 aromatic rings. The summed E-state index contributed by atoms with van der Waals surface area (Å²) in [5.41, 5.74) is 5.78. The maximum Gasteiger partial charge on any atom is 0.0715 e. The minimum Gasteiger partial charge on any atom is -0.372 e. The summed E-state index contributed by atoms with van der Waals surface area (Å²) in [6, 6.07) is 25.5. The Morgan fingerprint density at radius 1 is 0.704 bits per heavy atom. The van der Waals surface area contributed by atoms with E-state index in [-0.39, 0.29) is 0 Å². The molecule has 1 heterocycles. The molecule has 0 N–H and O–H groups in total. The Bertz CT molecular complexity index is 1040. The van der Waals surface area contributed by atoms with Crippen molar-refractivity contribution >= 4 is 39.6 Å². The Morgan fingerprint density at radius 2 is 1.26 bits per heavy atom. The van der Waals surface area contributed by atoms with Crippen molar-refractivity contribution < 1.29 is 0 Å². The molecule has 0 atom stereocenters. The lowest BCUT2D eigenvalue weighted by molar-refractivity contribution is 0.866. The maximum atomic E-state index is 4.80. The van der Waals surface area contributed by atoms with Crippen molar-refractivity contribution in [2.75, 3.05) is 18.0 Å². The van der Waals surface area contributed by atoms with Crippen molar-refractivity contribution in [3.05, 3.63) is 83.9 Å². The monoisotopic (exact) mass is 352 g/mol. The van der Waals surface area contributed by atoms with E-state index in [4.69, 9.17) is 4.98 Å². The first-order valence-corrected chi connectivity index (χ1v) is 9.60. The summed E-state index contributed by atoms with van der Waals surface area (Å²) >= 11 is 0. The zero-order valence-electron chi connectivity index (χ0n) is 15.9. The highest BCUT2D eigenvalue weighted by Gasteiger charge is 2.06. The number of aromatic nitrogens is 1. The van der Waals surface area contributed by atoms with Crippen LogP contribution in [0.3, 0.4) is 0 Å². The maximum absolute atomic E-state index is 4.80. The van der Waals surface area contributed by atoms with Gasteiger partial charge in [0.05, 0.1) is 11.0 Å². The van der Waals surface area contributed by atoms with Crippen LogP contribution in [-0.2, 0) is 0 Å². The molecule has 0 spiro atoms. The lowest BCUT2D eigenvalue weighted by atomic mass is 10.0.